The molecule has 0 saturated carbocycles. The fourth-order valence-electron chi connectivity index (χ4n) is 0.756. The normalized spacial score (nSPS) is 16.8. The smallest absolute Gasteiger partial charge is 0.0249 e. The van der Waals surface area contributed by atoms with Crippen molar-refractivity contribution in [3.63, 3.8) is 0 Å². The highest BCUT2D eigenvalue weighted by Gasteiger charge is 2.06. The van der Waals surface area contributed by atoms with E-state index in [9.17, 15) is 0 Å². The second-order valence-corrected chi connectivity index (χ2v) is 2.36. The Morgan fingerprint density at radius 1 is 1.67 bits per heavy atom. The SMILES string of the molecule is [CH2]C(CCC)C(N)C=C. The van der Waals surface area contributed by atoms with E-state index in [1.165, 1.54) is 0 Å². The standard InChI is InChI=1S/C8H16N/c1-4-6-7(3)8(9)5-2/h5,7-8H,2-4,6,9H2,1H3. The topological polar surface area (TPSA) is 26.0 Å². The second-order valence-electron chi connectivity index (χ2n) is 2.36. The van der Waals surface area contributed by atoms with Crippen LogP contribution in [0.2, 0.25) is 0 Å². The highest BCUT2D eigenvalue weighted by Crippen LogP contribution is 2.07. The Labute approximate surface area is 57.9 Å². The van der Waals surface area contributed by atoms with Crippen molar-refractivity contribution in [1.82, 2.24) is 0 Å². The summed E-state index contributed by atoms with van der Waals surface area (Å²) in [6.07, 6.45) is 4.00. The van der Waals surface area contributed by atoms with Gasteiger partial charge in [0.15, 0.2) is 0 Å². The predicted molar refractivity (Wildman–Crippen MR) is 41.9 cm³/mol. The van der Waals surface area contributed by atoms with Gasteiger partial charge in [0, 0.05) is 6.04 Å². The number of hydrogen-bond donors (Lipinski definition) is 1. The van der Waals surface area contributed by atoms with Gasteiger partial charge in [-0.3, -0.25) is 0 Å². The zero-order valence-electron chi connectivity index (χ0n) is 6.14. The Morgan fingerprint density at radius 3 is 2.56 bits per heavy atom. The minimum Gasteiger partial charge on any atom is -0.324 e. The van der Waals surface area contributed by atoms with E-state index in [-0.39, 0.29) is 6.04 Å². The number of rotatable bonds is 4. The molecule has 9 heavy (non-hydrogen) atoms. The highest BCUT2D eigenvalue weighted by molar-refractivity contribution is 4.88. The van der Waals surface area contributed by atoms with E-state index in [1.54, 1.807) is 6.08 Å². The Kier molecular flexibility index (Phi) is 4.41. The second kappa shape index (κ2) is 4.57. The maximum absolute atomic E-state index is 5.62. The minimum atomic E-state index is 0.0740. The molecule has 2 atom stereocenters. The van der Waals surface area contributed by atoms with E-state index >= 15 is 0 Å². The first-order valence-corrected chi connectivity index (χ1v) is 3.43. The Morgan fingerprint density at radius 2 is 2.22 bits per heavy atom. The van der Waals surface area contributed by atoms with E-state index in [4.69, 9.17) is 5.73 Å². The predicted octanol–water partition coefficient (Wildman–Crippen LogP) is 1.75. The molecule has 2 N–H and O–H groups in total. The first-order chi connectivity index (χ1) is 4.22. The quantitative estimate of drug-likeness (QED) is 0.570. The van der Waals surface area contributed by atoms with Crippen molar-refractivity contribution in [2.24, 2.45) is 11.7 Å². The van der Waals surface area contributed by atoms with Crippen LogP contribution in [0.4, 0.5) is 0 Å². The van der Waals surface area contributed by atoms with Gasteiger partial charge in [0.1, 0.15) is 0 Å². The van der Waals surface area contributed by atoms with Crippen molar-refractivity contribution in [2.45, 2.75) is 25.8 Å². The van der Waals surface area contributed by atoms with Crippen LogP contribution in [0.25, 0.3) is 0 Å². The van der Waals surface area contributed by atoms with Crippen molar-refractivity contribution >= 4 is 0 Å². The fraction of sp³-hybridized carbons (Fsp3) is 0.625. The summed E-state index contributed by atoms with van der Waals surface area (Å²) in [6.45, 7) is 9.63. The van der Waals surface area contributed by atoms with Gasteiger partial charge in [-0.1, -0.05) is 19.4 Å². The zero-order valence-corrected chi connectivity index (χ0v) is 6.14. The van der Waals surface area contributed by atoms with Crippen molar-refractivity contribution in [3.8, 4) is 0 Å². The van der Waals surface area contributed by atoms with Crippen molar-refractivity contribution in [3.05, 3.63) is 19.6 Å². The third-order valence-electron chi connectivity index (χ3n) is 1.48. The summed E-state index contributed by atoms with van der Waals surface area (Å²) >= 11 is 0. The first kappa shape index (κ1) is 8.70. The molecule has 0 aromatic rings. The van der Waals surface area contributed by atoms with Crippen LogP contribution in [0.3, 0.4) is 0 Å². The van der Waals surface area contributed by atoms with Crippen LogP contribution in [-0.4, -0.2) is 6.04 Å². The van der Waals surface area contributed by atoms with Crippen LogP contribution >= 0.6 is 0 Å². The molecular weight excluding hydrogens is 110 g/mol. The first-order valence-electron chi connectivity index (χ1n) is 3.43. The monoisotopic (exact) mass is 126 g/mol. The molecule has 0 fully saturated rings. The molecule has 0 amide bonds. The summed E-state index contributed by atoms with van der Waals surface area (Å²) < 4.78 is 0. The number of nitrogens with two attached hydrogens (primary N) is 1. The third kappa shape index (κ3) is 3.31. The van der Waals surface area contributed by atoms with E-state index in [0.29, 0.717) is 5.92 Å². The average molecular weight is 126 g/mol. The molecular formula is C8H16N. The van der Waals surface area contributed by atoms with Gasteiger partial charge < -0.3 is 5.73 Å². The molecule has 1 nitrogen and oxygen atoms in total. The zero-order chi connectivity index (χ0) is 7.28. The molecule has 2 unspecified atom stereocenters. The van der Waals surface area contributed by atoms with Crippen molar-refractivity contribution < 1.29 is 0 Å². The van der Waals surface area contributed by atoms with Crippen LogP contribution in [0.1, 0.15) is 19.8 Å². The average Bonchev–Trinajstić information content (AvgIpc) is 1.87. The lowest BCUT2D eigenvalue weighted by atomic mass is 9.98. The van der Waals surface area contributed by atoms with Gasteiger partial charge in [0.05, 0.1) is 0 Å². The van der Waals surface area contributed by atoms with Gasteiger partial charge >= 0.3 is 0 Å². The molecule has 0 aliphatic heterocycles. The highest BCUT2D eigenvalue weighted by atomic mass is 14.6. The van der Waals surface area contributed by atoms with Gasteiger partial charge in [-0.2, -0.15) is 0 Å². The fourth-order valence-corrected chi connectivity index (χ4v) is 0.756. The Balaban J connectivity index is 3.44. The molecule has 0 spiro atoms. The maximum Gasteiger partial charge on any atom is 0.0249 e. The largest absolute Gasteiger partial charge is 0.324 e. The van der Waals surface area contributed by atoms with E-state index in [0.717, 1.165) is 12.8 Å². The van der Waals surface area contributed by atoms with Crippen LogP contribution in [0, 0.1) is 12.8 Å². The molecule has 0 aliphatic carbocycles. The summed E-state index contributed by atoms with van der Waals surface area (Å²) in [5.74, 6) is 0.340. The minimum absolute atomic E-state index is 0.0740. The van der Waals surface area contributed by atoms with Gasteiger partial charge in [0.25, 0.3) is 0 Å². The Hall–Kier alpha value is -0.300. The molecule has 1 heteroatoms. The summed E-state index contributed by atoms with van der Waals surface area (Å²) in [4.78, 5) is 0. The Bertz CT molecular complexity index is 78.6. The summed E-state index contributed by atoms with van der Waals surface area (Å²) in [5, 5.41) is 0. The lowest BCUT2D eigenvalue weighted by molar-refractivity contribution is 0.521. The molecule has 0 aliphatic rings. The van der Waals surface area contributed by atoms with Gasteiger partial charge in [-0.15, -0.1) is 6.58 Å². The molecule has 0 rings (SSSR count). The molecule has 0 aromatic heterocycles. The van der Waals surface area contributed by atoms with Crippen LogP contribution in [0.5, 0.6) is 0 Å². The van der Waals surface area contributed by atoms with E-state index in [2.05, 4.69) is 20.4 Å². The van der Waals surface area contributed by atoms with Gasteiger partial charge in [-0.25, -0.2) is 0 Å². The summed E-state index contributed by atoms with van der Waals surface area (Å²) in [5.41, 5.74) is 5.62. The molecule has 1 radical (unpaired) electrons. The summed E-state index contributed by atoms with van der Waals surface area (Å²) in [7, 11) is 0. The van der Waals surface area contributed by atoms with Crippen molar-refractivity contribution in [2.75, 3.05) is 0 Å². The molecule has 0 aromatic carbocycles. The van der Waals surface area contributed by atoms with Gasteiger partial charge in [-0.05, 0) is 19.3 Å². The summed E-state index contributed by atoms with van der Waals surface area (Å²) in [6, 6.07) is 0.0740. The van der Waals surface area contributed by atoms with E-state index < -0.39 is 0 Å². The van der Waals surface area contributed by atoms with Gasteiger partial charge in [0.2, 0.25) is 0 Å². The van der Waals surface area contributed by atoms with E-state index in [1.807, 2.05) is 0 Å². The lowest BCUT2D eigenvalue weighted by Crippen LogP contribution is -2.25. The van der Waals surface area contributed by atoms with Crippen LogP contribution < -0.4 is 5.73 Å². The number of hydrogen-bond acceptors (Lipinski definition) is 1. The van der Waals surface area contributed by atoms with Crippen LogP contribution in [0.15, 0.2) is 12.7 Å². The van der Waals surface area contributed by atoms with Crippen molar-refractivity contribution in [1.29, 1.82) is 0 Å². The molecule has 0 bridgehead atoms. The molecule has 0 saturated heterocycles. The van der Waals surface area contributed by atoms with Crippen LogP contribution in [-0.2, 0) is 0 Å². The molecule has 53 valence electrons. The third-order valence-corrected chi connectivity index (χ3v) is 1.48. The molecule has 0 heterocycles. The lowest BCUT2D eigenvalue weighted by Gasteiger charge is -2.13. The maximum atomic E-state index is 5.62.